The molecule has 4 nitrogen and oxygen atoms in total. The predicted molar refractivity (Wildman–Crippen MR) is 227 cm³/mol. The second kappa shape index (κ2) is 16.5. The van der Waals surface area contributed by atoms with Crippen molar-refractivity contribution >= 4 is 0 Å². The number of rotatable bonds is 4. The van der Waals surface area contributed by atoms with Gasteiger partial charge in [-0.25, -0.2) is 0 Å². The van der Waals surface area contributed by atoms with Crippen molar-refractivity contribution in [1.29, 1.82) is 0 Å². The number of hydrogen-bond acceptors (Lipinski definition) is 4. The highest BCUT2D eigenvalue weighted by molar-refractivity contribution is 5.58. The van der Waals surface area contributed by atoms with Crippen LogP contribution in [-0.2, 0) is 25.7 Å². The molecule has 0 unspecified atom stereocenters. The van der Waals surface area contributed by atoms with E-state index in [0.717, 1.165) is 95.9 Å². The largest absolute Gasteiger partial charge is 0.507 e. The summed E-state index contributed by atoms with van der Waals surface area (Å²) < 4.78 is 0. The first-order valence-electron chi connectivity index (χ1n) is 22.8. The summed E-state index contributed by atoms with van der Waals surface area (Å²) in [6.07, 6.45) is 26.0. The van der Waals surface area contributed by atoms with Gasteiger partial charge in [-0.1, -0.05) is 126 Å². The molecule has 4 aromatic rings. The zero-order valence-electron chi connectivity index (χ0n) is 33.7. The van der Waals surface area contributed by atoms with Crippen molar-refractivity contribution < 1.29 is 20.4 Å². The highest BCUT2D eigenvalue weighted by Gasteiger charge is 2.27. The van der Waals surface area contributed by atoms with Gasteiger partial charge in [0.2, 0.25) is 0 Å². The standard InChI is InChI=1S/C52H64O4/c53-49-41-21-37(33-13-5-1-6-14-33)22-42(49)30-44-24-39(35-17-9-3-10-18-35)26-46(51(44)55)32-48-28-40(36-19-11-4-12-20-36)27-47(52(48)56)31-45-25-38(23-43(29-41)50(45)54)34-15-7-2-8-16-34/h21-28,33-36,53-56H,1-20,29-32H2. The Morgan fingerprint density at radius 2 is 0.411 bits per heavy atom. The third-order valence-corrected chi connectivity index (χ3v) is 15.0. The summed E-state index contributed by atoms with van der Waals surface area (Å²) in [6, 6.07) is 17.9. The van der Waals surface area contributed by atoms with E-state index in [9.17, 15) is 20.4 Å². The van der Waals surface area contributed by atoms with E-state index in [1.807, 2.05) is 0 Å². The molecular weight excluding hydrogens is 689 g/mol. The van der Waals surface area contributed by atoms with Crippen LogP contribution in [0.3, 0.4) is 0 Å². The summed E-state index contributed by atoms with van der Waals surface area (Å²) in [5, 5.41) is 49.0. The van der Waals surface area contributed by atoms with Crippen LogP contribution in [0.25, 0.3) is 0 Å². The Bertz CT molecular complexity index is 1650. The van der Waals surface area contributed by atoms with Gasteiger partial charge in [-0.2, -0.15) is 0 Å². The highest BCUT2D eigenvalue weighted by atomic mass is 16.3. The maximum Gasteiger partial charge on any atom is 0.122 e. The van der Waals surface area contributed by atoms with Crippen LogP contribution < -0.4 is 0 Å². The number of phenolic OH excluding ortho intramolecular Hbond substituents is 4. The summed E-state index contributed by atoms with van der Waals surface area (Å²) >= 11 is 0. The topological polar surface area (TPSA) is 80.9 Å². The van der Waals surface area contributed by atoms with Gasteiger partial charge in [-0.15, -0.1) is 0 Å². The Labute approximate surface area is 335 Å². The zero-order valence-corrected chi connectivity index (χ0v) is 33.7. The molecule has 0 spiro atoms. The molecule has 0 aliphatic heterocycles. The Morgan fingerprint density at radius 3 is 0.571 bits per heavy atom. The van der Waals surface area contributed by atoms with Gasteiger partial charge in [-0.3, -0.25) is 0 Å². The van der Waals surface area contributed by atoms with Gasteiger partial charge in [0.05, 0.1) is 0 Å². The van der Waals surface area contributed by atoms with Gasteiger partial charge in [0.25, 0.3) is 0 Å². The molecule has 8 bridgehead atoms. The molecule has 56 heavy (non-hydrogen) atoms. The van der Waals surface area contributed by atoms with Gasteiger partial charge in [0.15, 0.2) is 0 Å². The number of aromatic hydroxyl groups is 4. The Kier molecular flexibility index (Phi) is 11.1. The first-order valence-corrected chi connectivity index (χ1v) is 22.8. The van der Waals surface area contributed by atoms with Gasteiger partial charge < -0.3 is 20.4 Å². The van der Waals surface area contributed by atoms with E-state index in [1.165, 1.54) is 99.3 Å². The van der Waals surface area contributed by atoms with E-state index in [0.29, 0.717) is 72.4 Å². The number of fused-ring (bicyclic) bond motifs is 8. The van der Waals surface area contributed by atoms with E-state index in [1.54, 1.807) is 0 Å². The van der Waals surface area contributed by atoms with E-state index < -0.39 is 0 Å². The summed E-state index contributed by atoms with van der Waals surface area (Å²) in [4.78, 5) is 0. The third kappa shape index (κ3) is 7.84. The number of phenols is 4. The van der Waals surface area contributed by atoms with Crippen molar-refractivity contribution in [3.8, 4) is 23.0 Å². The Hall–Kier alpha value is -3.92. The van der Waals surface area contributed by atoms with Gasteiger partial charge >= 0.3 is 0 Å². The molecule has 0 aromatic heterocycles. The van der Waals surface area contributed by atoms with Crippen molar-refractivity contribution in [1.82, 2.24) is 0 Å². The zero-order chi connectivity index (χ0) is 38.2. The monoisotopic (exact) mass is 752 g/mol. The summed E-state index contributed by atoms with van der Waals surface area (Å²) in [5.74, 6) is 3.00. The molecule has 4 aromatic carbocycles. The molecule has 4 fully saturated rings. The lowest BCUT2D eigenvalue weighted by Crippen LogP contribution is -2.10. The normalized spacial score (nSPS) is 20.6. The van der Waals surface area contributed by atoms with Crippen molar-refractivity contribution in [2.75, 3.05) is 0 Å². The van der Waals surface area contributed by atoms with Gasteiger partial charge in [0.1, 0.15) is 23.0 Å². The van der Waals surface area contributed by atoms with Crippen LogP contribution in [0, 0.1) is 0 Å². The minimum atomic E-state index is 0.296. The lowest BCUT2D eigenvalue weighted by Gasteiger charge is -2.27. The molecule has 0 atom stereocenters. The molecule has 0 saturated heterocycles. The van der Waals surface area contributed by atoms with Gasteiger partial charge in [-0.05, 0) is 142 Å². The van der Waals surface area contributed by atoms with E-state index >= 15 is 0 Å². The minimum Gasteiger partial charge on any atom is -0.507 e. The lowest BCUT2D eigenvalue weighted by molar-refractivity contribution is 0.434. The molecule has 0 amide bonds. The fraction of sp³-hybridized carbons (Fsp3) is 0.538. The second-order valence-corrected chi connectivity index (χ2v) is 18.8. The fourth-order valence-electron chi connectivity index (χ4n) is 11.7. The Morgan fingerprint density at radius 1 is 0.250 bits per heavy atom. The van der Waals surface area contributed by atoms with Gasteiger partial charge in [0, 0.05) is 25.7 Å². The molecule has 9 rings (SSSR count). The molecule has 0 radical (unpaired) electrons. The highest BCUT2D eigenvalue weighted by Crippen LogP contribution is 2.45. The van der Waals surface area contributed by atoms with E-state index in [-0.39, 0.29) is 0 Å². The van der Waals surface area contributed by atoms with Crippen LogP contribution in [0.5, 0.6) is 23.0 Å². The maximum absolute atomic E-state index is 12.3. The van der Waals surface area contributed by atoms with Crippen molar-refractivity contribution in [2.45, 2.75) is 178 Å². The molecule has 5 aliphatic rings. The fourth-order valence-corrected chi connectivity index (χ4v) is 11.7. The average Bonchev–Trinajstić information content (AvgIpc) is 3.24. The van der Waals surface area contributed by atoms with Crippen LogP contribution in [0.15, 0.2) is 48.5 Å². The molecule has 4 N–H and O–H groups in total. The summed E-state index contributed by atoms with van der Waals surface area (Å²) in [7, 11) is 0. The smallest absolute Gasteiger partial charge is 0.122 e. The van der Waals surface area contributed by atoms with Crippen molar-refractivity contribution in [3.05, 3.63) is 115 Å². The van der Waals surface area contributed by atoms with E-state index in [2.05, 4.69) is 48.5 Å². The Balaban J connectivity index is 1.25. The minimum absolute atomic E-state index is 0.296. The molecule has 4 saturated carbocycles. The maximum atomic E-state index is 12.3. The molecule has 296 valence electrons. The molecule has 0 heterocycles. The number of benzene rings is 4. The second-order valence-electron chi connectivity index (χ2n) is 18.8. The summed E-state index contributed by atoms with van der Waals surface area (Å²) in [6.45, 7) is 0. The van der Waals surface area contributed by atoms with Crippen LogP contribution in [0.2, 0.25) is 0 Å². The SMILES string of the molecule is Oc1c2cc(C3CCCCC3)cc1Cc1cc(C3CCCCC3)cc(c1O)Cc1cc(C3CCCCC3)cc(c1O)Cc1cc(C3CCCCC3)cc(c1O)C2. The first kappa shape index (κ1) is 37.6. The third-order valence-electron chi connectivity index (χ3n) is 15.0. The predicted octanol–water partition coefficient (Wildman–Crippen LogP) is 13.4. The van der Waals surface area contributed by atoms with Crippen molar-refractivity contribution in [2.24, 2.45) is 0 Å². The lowest BCUT2D eigenvalue weighted by atomic mass is 9.79. The van der Waals surface area contributed by atoms with Crippen LogP contribution >= 0.6 is 0 Å². The number of hydrogen-bond donors (Lipinski definition) is 4. The van der Waals surface area contributed by atoms with E-state index in [4.69, 9.17) is 0 Å². The average molecular weight is 753 g/mol. The first-order chi connectivity index (χ1) is 27.4. The quantitative estimate of drug-likeness (QED) is 0.147. The van der Waals surface area contributed by atoms with Crippen molar-refractivity contribution in [3.63, 3.8) is 0 Å². The summed E-state index contributed by atoms with van der Waals surface area (Å²) in [5.41, 5.74) is 12.1. The van der Waals surface area contributed by atoms with Crippen LogP contribution in [0.1, 0.15) is 219 Å². The molecular formula is C52H64O4. The molecule has 5 aliphatic carbocycles. The van der Waals surface area contributed by atoms with Crippen LogP contribution in [-0.4, -0.2) is 20.4 Å². The van der Waals surface area contributed by atoms with Crippen LogP contribution in [0.4, 0.5) is 0 Å². The molecule has 4 heteroatoms.